The molecule has 0 aromatic rings. The van der Waals surface area contributed by atoms with Crippen molar-refractivity contribution in [3.05, 3.63) is 24.3 Å². The number of nitrogens with one attached hydrogen (secondary N) is 1. The second-order valence-electron chi connectivity index (χ2n) is 18.4. The lowest BCUT2D eigenvalue weighted by Gasteiger charge is -2.21. The topological polar surface area (TPSA) is 89.8 Å². The van der Waals surface area contributed by atoms with E-state index in [1.807, 2.05) is 6.08 Å². The largest absolute Gasteiger partial charge is 0.394 e. The van der Waals surface area contributed by atoms with Gasteiger partial charge in [-0.25, -0.2) is 0 Å². The molecule has 350 valence electrons. The van der Waals surface area contributed by atoms with Crippen molar-refractivity contribution in [3.8, 4) is 0 Å². The molecular weight excluding hydrogens is 727 g/mol. The van der Waals surface area contributed by atoms with Gasteiger partial charge in [0.05, 0.1) is 18.8 Å². The lowest BCUT2D eigenvalue weighted by atomic mass is 10.0. The summed E-state index contributed by atoms with van der Waals surface area (Å²) in [5.74, 6) is -0.501. The third kappa shape index (κ3) is 44.7. The minimum Gasteiger partial charge on any atom is -0.394 e. The van der Waals surface area contributed by atoms with E-state index in [1.165, 1.54) is 238 Å². The highest BCUT2D eigenvalue weighted by atomic mass is 16.3. The van der Waals surface area contributed by atoms with Crippen LogP contribution in [0, 0.1) is 0 Å². The number of amides is 1. The van der Waals surface area contributed by atoms with Crippen molar-refractivity contribution < 1.29 is 20.1 Å². The predicted molar refractivity (Wildman–Crippen MR) is 259 cm³/mol. The van der Waals surface area contributed by atoms with Crippen molar-refractivity contribution in [2.24, 2.45) is 0 Å². The Morgan fingerprint density at radius 3 is 0.983 bits per heavy atom. The Hall–Kier alpha value is -1.17. The van der Waals surface area contributed by atoms with E-state index in [-0.39, 0.29) is 6.61 Å². The Balaban J connectivity index is 3.59. The van der Waals surface area contributed by atoms with Crippen LogP contribution in [0.4, 0.5) is 0 Å². The summed E-state index contributed by atoms with van der Waals surface area (Å²) in [5.41, 5.74) is 0. The molecule has 0 heterocycles. The predicted octanol–water partition coefficient (Wildman–Crippen LogP) is 16.1. The van der Waals surface area contributed by atoms with Crippen molar-refractivity contribution in [2.75, 3.05) is 6.61 Å². The summed E-state index contributed by atoms with van der Waals surface area (Å²) in [7, 11) is 0. The van der Waals surface area contributed by atoms with E-state index in [9.17, 15) is 20.1 Å². The highest BCUT2D eigenvalue weighted by molar-refractivity contribution is 5.80. The van der Waals surface area contributed by atoms with Crippen molar-refractivity contribution in [1.82, 2.24) is 5.32 Å². The molecule has 5 nitrogen and oxygen atoms in total. The molecular formula is C54H105NO4. The Labute approximate surface area is 369 Å². The molecule has 4 N–H and O–H groups in total. The van der Waals surface area contributed by atoms with Crippen LogP contribution in [0.1, 0.15) is 290 Å². The number of aliphatic hydroxyl groups is 3. The summed E-state index contributed by atoms with van der Waals surface area (Å²) in [5, 5.41) is 33.3. The van der Waals surface area contributed by atoms with Gasteiger partial charge < -0.3 is 20.6 Å². The second kappa shape index (κ2) is 49.5. The standard InChI is InChI=1S/C54H105NO4/c1-3-5-7-9-11-13-15-17-19-21-23-25-26-27-28-29-31-33-35-37-39-41-43-45-47-49-53(58)54(59)55-51(50-56)52(57)48-46-44-42-40-38-36-34-32-30-24-22-20-18-16-14-12-10-8-6-4-2/h27-28,46,48,51-53,56-58H,3-26,29-45,47,49-50H2,1-2H3,(H,55,59)/b28-27-,48-46+. The van der Waals surface area contributed by atoms with Crippen LogP contribution in [-0.2, 0) is 4.79 Å². The first kappa shape index (κ1) is 57.8. The van der Waals surface area contributed by atoms with Gasteiger partial charge in [0.15, 0.2) is 0 Å². The SMILES string of the molecule is CCCCCCCCCCCCCC/C=C\CCCCCCCCCCCC(O)C(=O)NC(CO)C(O)/C=C/CCCCCCCCCCCCCCCCCCCC. The number of carbonyl (C=O) groups excluding carboxylic acids is 1. The molecule has 5 heteroatoms. The quantitative estimate of drug-likeness (QED) is 0.0363. The fourth-order valence-electron chi connectivity index (χ4n) is 8.36. The molecule has 3 atom stereocenters. The van der Waals surface area contributed by atoms with Gasteiger partial charge in [0.1, 0.15) is 6.10 Å². The molecule has 0 radical (unpaired) electrons. The van der Waals surface area contributed by atoms with Gasteiger partial charge >= 0.3 is 0 Å². The first-order valence-electron chi connectivity index (χ1n) is 26.7. The van der Waals surface area contributed by atoms with Crippen LogP contribution in [0.5, 0.6) is 0 Å². The third-order valence-electron chi connectivity index (χ3n) is 12.5. The molecule has 0 aromatic heterocycles. The van der Waals surface area contributed by atoms with Gasteiger partial charge in [0.2, 0.25) is 5.91 Å². The summed E-state index contributed by atoms with van der Waals surface area (Å²) in [4.78, 5) is 12.5. The summed E-state index contributed by atoms with van der Waals surface area (Å²) in [6.07, 6.45) is 62.4. The van der Waals surface area contributed by atoms with Crippen LogP contribution in [0.3, 0.4) is 0 Å². The van der Waals surface area contributed by atoms with Crippen molar-refractivity contribution in [3.63, 3.8) is 0 Å². The molecule has 0 aliphatic carbocycles. The zero-order valence-corrected chi connectivity index (χ0v) is 39.9. The average Bonchev–Trinajstić information content (AvgIpc) is 3.24. The highest BCUT2D eigenvalue weighted by Crippen LogP contribution is 2.17. The van der Waals surface area contributed by atoms with E-state index in [1.54, 1.807) is 6.08 Å². The molecule has 3 unspecified atom stereocenters. The van der Waals surface area contributed by atoms with E-state index in [4.69, 9.17) is 0 Å². The average molecular weight is 832 g/mol. The second-order valence-corrected chi connectivity index (χ2v) is 18.4. The number of aliphatic hydroxyl groups excluding tert-OH is 3. The highest BCUT2D eigenvalue weighted by Gasteiger charge is 2.22. The van der Waals surface area contributed by atoms with Crippen LogP contribution >= 0.6 is 0 Å². The molecule has 0 fully saturated rings. The van der Waals surface area contributed by atoms with Gasteiger partial charge in [-0.3, -0.25) is 4.79 Å². The van der Waals surface area contributed by atoms with Crippen molar-refractivity contribution in [1.29, 1.82) is 0 Å². The summed E-state index contributed by atoms with van der Waals surface area (Å²) < 4.78 is 0. The van der Waals surface area contributed by atoms with E-state index >= 15 is 0 Å². The maximum Gasteiger partial charge on any atom is 0.249 e. The summed E-state index contributed by atoms with van der Waals surface area (Å²) >= 11 is 0. The van der Waals surface area contributed by atoms with E-state index < -0.39 is 24.2 Å². The van der Waals surface area contributed by atoms with Gasteiger partial charge in [-0.05, 0) is 44.9 Å². The fraction of sp³-hybridized carbons (Fsp3) is 0.907. The Bertz CT molecular complexity index is 874. The molecule has 0 aliphatic heterocycles. The number of carbonyl (C=O) groups is 1. The van der Waals surface area contributed by atoms with Crippen LogP contribution < -0.4 is 5.32 Å². The van der Waals surface area contributed by atoms with Crippen LogP contribution in [-0.4, -0.2) is 46.1 Å². The van der Waals surface area contributed by atoms with E-state index in [0.29, 0.717) is 6.42 Å². The first-order valence-corrected chi connectivity index (χ1v) is 26.7. The molecule has 59 heavy (non-hydrogen) atoms. The number of unbranched alkanes of at least 4 members (excludes halogenated alkanes) is 39. The van der Waals surface area contributed by atoms with Gasteiger partial charge in [0.25, 0.3) is 0 Å². The third-order valence-corrected chi connectivity index (χ3v) is 12.5. The van der Waals surface area contributed by atoms with Gasteiger partial charge in [-0.15, -0.1) is 0 Å². The first-order chi connectivity index (χ1) is 29.1. The molecule has 0 aliphatic rings. The fourth-order valence-corrected chi connectivity index (χ4v) is 8.36. The number of allylic oxidation sites excluding steroid dienone is 3. The van der Waals surface area contributed by atoms with Gasteiger partial charge in [-0.2, -0.15) is 0 Å². The summed E-state index contributed by atoms with van der Waals surface area (Å²) in [6.45, 7) is 4.21. The Kier molecular flexibility index (Phi) is 48.5. The van der Waals surface area contributed by atoms with E-state index in [0.717, 1.165) is 32.1 Å². The monoisotopic (exact) mass is 832 g/mol. The lowest BCUT2D eigenvalue weighted by Crippen LogP contribution is -2.48. The summed E-state index contributed by atoms with van der Waals surface area (Å²) in [6, 6.07) is -0.797. The molecule has 0 saturated heterocycles. The minimum absolute atomic E-state index is 0.362. The van der Waals surface area contributed by atoms with Crippen molar-refractivity contribution in [2.45, 2.75) is 308 Å². The number of rotatable bonds is 49. The Morgan fingerprint density at radius 1 is 0.407 bits per heavy atom. The van der Waals surface area contributed by atoms with Crippen LogP contribution in [0.15, 0.2) is 24.3 Å². The molecule has 0 aromatic carbocycles. The normalized spacial score (nSPS) is 13.5. The molecule has 1 amide bonds. The molecule has 0 rings (SSSR count). The number of hydrogen-bond donors (Lipinski definition) is 4. The van der Waals surface area contributed by atoms with E-state index in [2.05, 4.69) is 31.3 Å². The van der Waals surface area contributed by atoms with Gasteiger partial charge in [0, 0.05) is 0 Å². The molecule has 0 spiro atoms. The molecule has 0 bridgehead atoms. The lowest BCUT2D eigenvalue weighted by molar-refractivity contribution is -0.131. The molecule has 0 saturated carbocycles. The van der Waals surface area contributed by atoms with Crippen LogP contribution in [0.2, 0.25) is 0 Å². The smallest absolute Gasteiger partial charge is 0.249 e. The maximum atomic E-state index is 12.5. The maximum absolute atomic E-state index is 12.5. The Morgan fingerprint density at radius 2 is 0.678 bits per heavy atom. The van der Waals surface area contributed by atoms with Crippen molar-refractivity contribution >= 4 is 5.91 Å². The minimum atomic E-state index is -1.10. The van der Waals surface area contributed by atoms with Crippen LogP contribution in [0.25, 0.3) is 0 Å². The zero-order chi connectivity index (χ0) is 43.0. The zero-order valence-electron chi connectivity index (χ0n) is 39.9. The van der Waals surface area contributed by atoms with Gasteiger partial charge in [-0.1, -0.05) is 269 Å². The number of hydrogen-bond acceptors (Lipinski definition) is 4.